The zero-order valence-electron chi connectivity index (χ0n) is 11.2. The first-order valence-corrected chi connectivity index (χ1v) is 6.99. The van der Waals surface area contributed by atoms with Crippen molar-refractivity contribution in [2.45, 2.75) is 38.8 Å². The Kier molecular flexibility index (Phi) is 5.23. The van der Waals surface area contributed by atoms with Gasteiger partial charge in [-0.15, -0.1) is 0 Å². The molecule has 1 aromatic rings. The van der Waals surface area contributed by atoms with Gasteiger partial charge in [0.15, 0.2) is 0 Å². The molecule has 0 unspecified atom stereocenters. The minimum absolute atomic E-state index is 0.0119. The average Bonchev–Trinajstić information content (AvgIpc) is 2.89. The highest BCUT2D eigenvalue weighted by Gasteiger charge is 2.24. The van der Waals surface area contributed by atoms with Crippen LogP contribution in [0.4, 0.5) is 0 Å². The summed E-state index contributed by atoms with van der Waals surface area (Å²) in [5.74, 6) is 1.68. The van der Waals surface area contributed by atoms with Crippen molar-refractivity contribution in [3.8, 4) is 0 Å². The third-order valence-electron chi connectivity index (χ3n) is 3.59. The third-order valence-corrected chi connectivity index (χ3v) is 3.59. The summed E-state index contributed by atoms with van der Waals surface area (Å²) in [5, 5.41) is 12.5. The van der Waals surface area contributed by atoms with E-state index in [1.807, 2.05) is 12.1 Å². The molecule has 4 heteroatoms. The van der Waals surface area contributed by atoms with Crippen LogP contribution in [0.15, 0.2) is 16.5 Å². The minimum Gasteiger partial charge on any atom is -0.462 e. The van der Waals surface area contributed by atoms with Gasteiger partial charge >= 0.3 is 0 Å². The molecule has 2 heterocycles. The summed E-state index contributed by atoms with van der Waals surface area (Å²) in [4.78, 5) is 2.49. The maximum atomic E-state index is 9.10. The largest absolute Gasteiger partial charge is 0.462 e. The fraction of sp³-hybridized carbons (Fsp3) is 0.714. The van der Waals surface area contributed by atoms with Gasteiger partial charge in [0.2, 0.25) is 0 Å². The highest BCUT2D eigenvalue weighted by Crippen LogP contribution is 2.28. The molecule has 18 heavy (non-hydrogen) atoms. The van der Waals surface area contributed by atoms with Gasteiger partial charge in [-0.05, 0) is 18.6 Å². The fourth-order valence-corrected chi connectivity index (χ4v) is 2.55. The van der Waals surface area contributed by atoms with Gasteiger partial charge in [0.1, 0.15) is 18.1 Å². The predicted molar refractivity (Wildman–Crippen MR) is 71.3 cm³/mol. The number of nitrogens with zero attached hydrogens (tertiary/aromatic N) is 1. The highest BCUT2D eigenvalue weighted by atomic mass is 16.4. The van der Waals surface area contributed by atoms with Crippen LogP contribution in [0, 0.1) is 0 Å². The van der Waals surface area contributed by atoms with Crippen LogP contribution < -0.4 is 5.32 Å². The average molecular weight is 252 g/mol. The van der Waals surface area contributed by atoms with E-state index in [9.17, 15) is 0 Å². The second kappa shape index (κ2) is 6.92. The Balaban J connectivity index is 2.07. The molecule has 1 atom stereocenters. The van der Waals surface area contributed by atoms with Gasteiger partial charge in [-0.2, -0.15) is 0 Å². The Labute approximate surface area is 109 Å². The Bertz CT molecular complexity index is 345. The lowest BCUT2D eigenvalue weighted by Crippen LogP contribution is -2.45. The van der Waals surface area contributed by atoms with Crippen molar-refractivity contribution in [3.05, 3.63) is 23.7 Å². The van der Waals surface area contributed by atoms with Gasteiger partial charge in [0.05, 0.1) is 6.04 Å². The molecule has 4 nitrogen and oxygen atoms in total. The van der Waals surface area contributed by atoms with E-state index in [-0.39, 0.29) is 6.61 Å². The predicted octanol–water partition coefficient (Wildman–Crippen LogP) is 1.91. The summed E-state index contributed by atoms with van der Waals surface area (Å²) < 4.78 is 5.73. The highest BCUT2D eigenvalue weighted by molar-refractivity contribution is 5.11. The number of furan rings is 1. The summed E-state index contributed by atoms with van der Waals surface area (Å²) in [6.45, 7) is 6.46. The van der Waals surface area contributed by atoms with Crippen LogP contribution in [-0.2, 0) is 6.61 Å². The van der Waals surface area contributed by atoms with Crippen molar-refractivity contribution in [3.63, 3.8) is 0 Å². The molecule has 0 spiro atoms. The maximum absolute atomic E-state index is 9.10. The van der Waals surface area contributed by atoms with Gasteiger partial charge in [-0.1, -0.05) is 19.8 Å². The number of aliphatic hydroxyl groups excluding tert-OH is 1. The topological polar surface area (TPSA) is 48.6 Å². The van der Waals surface area contributed by atoms with E-state index in [1.54, 1.807) is 0 Å². The summed E-state index contributed by atoms with van der Waals surface area (Å²) in [6.07, 6.45) is 3.55. The van der Waals surface area contributed by atoms with E-state index in [1.165, 1.54) is 12.8 Å². The number of nitrogens with one attached hydrogen (secondary N) is 1. The summed E-state index contributed by atoms with van der Waals surface area (Å²) >= 11 is 0. The van der Waals surface area contributed by atoms with Gasteiger partial charge in [0, 0.05) is 26.2 Å². The van der Waals surface area contributed by atoms with Crippen LogP contribution >= 0.6 is 0 Å². The zero-order chi connectivity index (χ0) is 12.8. The van der Waals surface area contributed by atoms with Gasteiger partial charge in [-0.25, -0.2) is 0 Å². The molecule has 0 amide bonds. The molecule has 0 saturated carbocycles. The number of aliphatic hydroxyl groups is 1. The van der Waals surface area contributed by atoms with Gasteiger partial charge in [-0.3, -0.25) is 4.90 Å². The van der Waals surface area contributed by atoms with Crippen molar-refractivity contribution in [1.29, 1.82) is 0 Å². The second-order valence-electron chi connectivity index (χ2n) is 4.91. The molecule has 0 aromatic carbocycles. The number of hydrogen-bond donors (Lipinski definition) is 2. The SMILES string of the molecule is CCCC[C@H](c1ccc(CO)o1)N1CCNCC1. The summed E-state index contributed by atoms with van der Waals surface area (Å²) in [7, 11) is 0. The first kappa shape index (κ1) is 13.6. The molecule has 2 rings (SSSR count). The van der Waals surface area contributed by atoms with Gasteiger partial charge < -0.3 is 14.8 Å². The number of unbranched alkanes of at least 4 members (excludes halogenated alkanes) is 1. The quantitative estimate of drug-likeness (QED) is 0.812. The molecule has 1 aliphatic heterocycles. The van der Waals surface area contributed by atoms with E-state index in [0.717, 1.165) is 38.4 Å². The molecule has 1 fully saturated rings. The van der Waals surface area contributed by atoms with Crippen LogP contribution in [0.3, 0.4) is 0 Å². The van der Waals surface area contributed by atoms with Crippen molar-refractivity contribution in [2.24, 2.45) is 0 Å². The summed E-state index contributed by atoms with van der Waals surface area (Å²) in [5.41, 5.74) is 0. The first-order chi connectivity index (χ1) is 8.85. The van der Waals surface area contributed by atoms with E-state index in [0.29, 0.717) is 11.8 Å². The minimum atomic E-state index is -0.0119. The fourth-order valence-electron chi connectivity index (χ4n) is 2.55. The lowest BCUT2D eigenvalue weighted by atomic mass is 10.0. The zero-order valence-corrected chi connectivity index (χ0v) is 11.2. The summed E-state index contributed by atoms with van der Waals surface area (Å²) in [6, 6.07) is 4.28. The second-order valence-corrected chi connectivity index (χ2v) is 4.91. The molecule has 2 N–H and O–H groups in total. The molecular weight excluding hydrogens is 228 g/mol. The van der Waals surface area contributed by atoms with E-state index >= 15 is 0 Å². The molecule has 102 valence electrons. The molecule has 1 aliphatic rings. The van der Waals surface area contributed by atoms with Crippen LogP contribution in [0.5, 0.6) is 0 Å². The Morgan fingerprint density at radius 1 is 1.39 bits per heavy atom. The molecular formula is C14H24N2O2. The van der Waals surface area contributed by atoms with Crippen LogP contribution in [0.1, 0.15) is 43.7 Å². The maximum Gasteiger partial charge on any atom is 0.129 e. The molecule has 1 aromatic heterocycles. The molecule has 1 saturated heterocycles. The standard InChI is InChI=1S/C14H24N2O2/c1-2-3-4-13(16-9-7-15-8-10-16)14-6-5-12(11-17)18-14/h5-6,13,15,17H,2-4,7-11H2,1H3/t13-/m1/s1. The molecule has 0 radical (unpaired) electrons. The Morgan fingerprint density at radius 3 is 2.78 bits per heavy atom. The Morgan fingerprint density at radius 2 is 2.17 bits per heavy atom. The lowest BCUT2D eigenvalue weighted by Gasteiger charge is -2.33. The van der Waals surface area contributed by atoms with E-state index in [2.05, 4.69) is 17.1 Å². The molecule has 0 aliphatic carbocycles. The van der Waals surface area contributed by atoms with Crippen LogP contribution in [-0.4, -0.2) is 36.2 Å². The van der Waals surface area contributed by atoms with Crippen molar-refractivity contribution < 1.29 is 9.52 Å². The molecule has 0 bridgehead atoms. The first-order valence-electron chi connectivity index (χ1n) is 6.99. The number of hydrogen-bond acceptors (Lipinski definition) is 4. The van der Waals surface area contributed by atoms with Crippen molar-refractivity contribution in [1.82, 2.24) is 10.2 Å². The van der Waals surface area contributed by atoms with Crippen molar-refractivity contribution >= 4 is 0 Å². The van der Waals surface area contributed by atoms with Crippen molar-refractivity contribution in [2.75, 3.05) is 26.2 Å². The number of rotatable bonds is 6. The van der Waals surface area contributed by atoms with E-state index < -0.39 is 0 Å². The monoisotopic (exact) mass is 252 g/mol. The van der Waals surface area contributed by atoms with Crippen LogP contribution in [0.25, 0.3) is 0 Å². The van der Waals surface area contributed by atoms with Crippen LogP contribution in [0.2, 0.25) is 0 Å². The third kappa shape index (κ3) is 3.34. The lowest BCUT2D eigenvalue weighted by molar-refractivity contribution is 0.139. The normalized spacial score (nSPS) is 19.0. The van der Waals surface area contributed by atoms with Gasteiger partial charge in [0.25, 0.3) is 0 Å². The smallest absolute Gasteiger partial charge is 0.129 e. The number of piperazine rings is 1. The van der Waals surface area contributed by atoms with E-state index in [4.69, 9.17) is 9.52 Å². The Hall–Kier alpha value is -0.840.